The molecule has 0 spiro atoms. The van der Waals surface area contributed by atoms with Crippen molar-refractivity contribution in [1.29, 1.82) is 0 Å². The van der Waals surface area contributed by atoms with Gasteiger partial charge in [-0.3, -0.25) is 4.79 Å². The van der Waals surface area contributed by atoms with Crippen molar-refractivity contribution in [1.82, 2.24) is 0 Å². The minimum absolute atomic E-state index is 0.213. The molecule has 0 saturated carbocycles. The number of benzene rings is 1. The third kappa shape index (κ3) is 5.10. The van der Waals surface area contributed by atoms with Gasteiger partial charge in [-0.05, 0) is 31.5 Å². The van der Waals surface area contributed by atoms with Crippen LogP contribution in [0.4, 0.5) is 13.2 Å². The Hall–Kier alpha value is -1.24. The van der Waals surface area contributed by atoms with Crippen molar-refractivity contribution >= 4 is 21.7 Å². The average molecular weight is 341 g/mol. The molecule has 1 atom stereocenters. The molecule has 0 fully saturated rings. The molecule has 0 aromatic heterocycles. The lowest BCUT2D eigenvalue weighted by Crippen LogP contribution is -2.17. The fourth-order valence-electron chi connectivity index (χ4n) is 1.42. The van der Waals surface area contributed by atoms with E-state index in [1.54, 1.807) is 6.92 Å². The van der Waals surface area contributed by atoms with E-state index in [-0.39, 0.29) is 11.5 Å². The van der Waals surface area contributed by atoms with Gasteiger partial charge in [0.1, 0.15) is 17.3 Å². The van der Waals surface area contributed by atoms with E-state index in [0.29, 0.717) is 12.2 Å². The van der Waals surface area contributed by atoms with Crippen LogP contribution in [-0.2, 0) is 4.79 Å². The number of ether oxygens (including phenoxy) is 2. The Labute approximate surface area is 116 Å². The molecule has 0 aliphatic heterocycles. The van der Waals surface area contributed by atoms with Crippen LogP contribution in [0.5, 0.6) is 11.5 Å². The van der Waals surface area contributed by atoms with Gasteiger partial charge in [0.15, 0.2) is 0 Å². The summed E-state index contributed by atoms with van der Waals surface area (Å²) >= 11 is 3.11. The fraction of sp³-hybridized carbons (Fsp3) is 0.417. The minimum Gasteiger partial charge on any atom is -0.494 e. The number of hydrogen-bond donors (Lipinski definition) is 0. The van der Waals surface area contributed by atoms with Crippen LogP contribution in [0.3, 0.4) is 0 Å². The first-order valence-corrected chi connectivity index (χ1v) is 6.32. The van der Waals surface area contributed by atoms with E-state index in [4.69, 9.17) is 4.74 Å². The summed E-state index contributed by atoms with van der Waals surface area (Å²) in [7, 11) is 0. The van der Waals surface area contributed by atoms with Gasteiger partial charge in [-0.1, -0.05) is 15.9 Å². The van der Waals surface area contributed by atoms with Gasteiger partial charge in [0, 0.05) is 6.07 Å². The van der Waals surface area contributed by atoms with Crippen LogP contribution in [-0.4, -0.2) is 18.8 Å². The van der Waals surface area contributed by atoms with Crippen LogP contribution in [0.2, 0.25) is 0 Å². The maximum atomic E-state index is 12.2. The first kappa shape index (κ1) is 15.8. The molecular weight excluding hydrogens is 329 g/mol. The topological polar surface area (TPSA) is 35.5 Å². The number of alkyl halides is 4. The van der Waals surface area contributed by atoms with Crippen LogP contribution < -0.4 is 9.47 Å². The molecule has 1 aromatic carbocycles. The minimum atomic E-state index is -4.79. The Kier molecular flexibility index (Phi) is 5.22. The Morgan fingerprint density at radius 3 is 2.37 bits per heavy atom. The number of ketones is 1. The van der Waals surface area contributed by atoms with Crippen molar-refractivity contribution in [2.45, 2.75) is 25.0 Å². The van der Waals surface area contributed by atoms with Gasteiger partial charge < -0.3 is 9.47 Å². The SMILES string of the molecule is CCOc1cc(OC(F)(F)F)cc(C(Br)C(C)=O)c1. The first-order chi connectivity index (χ1) is 8.73. The number of Topliss-reactive ketones (excluding diaryl/α,β-unsaturated/α-hetero) is 1. The summed E-state index contributed by atoms with van der Waals surface area (Å²) in [5.74, 6) is -0.435. The average Bonchev–Trinajstić information content (AvgIpc) is 2.25. The quantitative estimate of drug-likeness (QED) is 0.759. The Morgan fingerprint density at radius 1 is 1.32 bits per heavy atom. The molecule has 0 N–H and O–H groups in total. The second kappa shape index (κ2) is 6.27. The van der Waals surface area contributed by atoms with Crippen molar-refractivity contribution in [3.05, 3.63) is 23.8 Å². The van der Waals surface area contributed by atoms with Gasteiger partial charge >= 0.3 is 6.36 Å². The van der Waals surface area contributed by atoms with Gasteiger partial charge in [0.05, 0.1) is 11.4 Å². The van der Waals surface area contributed by atoms with Crippen molar-refractivity contribution in [2.75, 3.05) is 6.61 Å². The van der Waals surface area contributed by atoms with E-state index >= 15 is 0 Å². The number of halogens is 4. The number of carbonyl (C=O) groups excluding carboxylic acids is 1. The van der Waals surface area contributed by atoms with Gasteiger partial charge in [0.25, 0.3) is 0 Å². The zero-order valence-corrected chi connectivity index (χ0v) is 11.8. The van der Waals surface area contributed by atoms with Crippen LogP contribution in [0.25, 0.3) is 0 Å². The summed E-state index contributed by atoms with van der Waals surface area (Å²) in [6.07, 6.45) is -4.79. The molecule has 1 aromatic rings. The number of hydrogen-bond acceptors (Lipinski definition) is 3. The molecule has 0 radical (unpaired) electrons. The fourth-order valence-corrected chi connectivity index (χ4v) is 1.68. The lowest BCUT2D eigenvalue weighted by atomic mass is 10.1. The standard InChI is InChI=1S/C12H12BrF3O3/c1-3-18-9-4-8(11(13)7(2)17)5-10(6-9)19-12(14,15)16/h4-6,11H,3H2,1-2H3. The van der Waals surface area contributed by atoms with E-state index in [2.05, 4.69) is 20.7 Å². The van der Waals surface area contributed by atoms with E-state index < -0.39 is 16.9 Å². The van der Waals surface area contributed by atoms with Gasteiger partial charge in [-0.25, -0.2) is 0 Å². The van der Waals surface area contributed by atoms with Gasteiger partial charge in [0.2, 0.25) is 0 Å². The summed E-state index contributed by atoms with van der Waals surface area (Å²) in [5, 5.41) is 0. The Morgan fingerprint density at radius 2 is 1.89 bits per heavy atom. The second-order valence-electron chi connectivity index (χ2n) is 3.69. The second-order valence-corrected chi connectivity index (χ2v) is 4.61. The molecule has 0 aliphatic rings. The molecule has 1 rings (SSSR count). The smallest absolute Gasteiger partial charge is 0.494 e. The zero-order chi connectivity index (χ0) is 14.6. The van der Waals surface area contributed by atoms with Crippen molar-refractivity contribution in [3.63, 3.8) is 0 Å². The zero-order valence-electron chi connectivity index (χ0n) is 10.3. The van der Waals surface area contributed by atoms with Gasteiger partial charge in [-0.2, -0.15) is 0 Å². The molecule has 7 heteroatoms. The highest BCUT2D eigenvalue weighted by Gasteiger charge is 2.31. The lowest BCUT2D eigenvalue weighted by molar-refractivity contribution is -0.274. The van der Waals surface area contributed by atoms with Crippen LogP contribution in [0.1, 0.15) is 24.2 Å². The van der Waals surface area contributed by atoms with Crippen molar-refractivity contribution in [2.24, 2.45) is 0 Å². The highest BCUT2D eigenvalue weighted by Crippen LogP contribution is 2.33. The molecule has 0 saturated heterocycles. The van der Waals surface area contributed by atoms with Crippen LogP contribution >= 0.6 is 15.9 Å². The molecule has 19 heavy (non-hydrogen) atoms. The summed E-state index contributed by atoms with van der Waals surface area (Å²) in [6.45, 7) is 3.33. The normalized spacial score (nSPS) is 12.9. The van der Waals surface area contributed by atoms with E-state index in [0.717, 1.165) is 12.1 Å². The largest absolute Gasteiger partial charge is 0.573 e. The molecule has 106 valence electrons. The monoisotopic (exact) mass is 340 g/mol. The molecule has 3 nitrogen and oxygen atoms in total. The van der Waals surface area contributed by atoms with E-state index in [9.17, 15) is 18.0 Å². The van der Waals surface area contributed by atoms with Crippen LogP contribution in [0.15, 0.2) is 18.2 Å². The molecule has 0 amide bonds. The maximum Gasteiger partial charge on any atom is 0.573 e. The molecule has 1 unspecified atom stereocenters. The third-order valence-electron chi connectivity index (χ3n) is 2.10. The summed E-state index contributed by atoms with van der Waals surface area (Å²) in [6, 6.07) is 3.77. The number of rotatable bonds is 5. The van der Waals surface area contributed by atoms with E-state index in [1.807, 2.05) is 0 Å². The summed E-state index contributed by atoms with van der Waals surface area (Å²) in [4.78, 5) is 10.6. The van der Waals surface area contributed by atoms with Crippen LogP contribution in [0, 0.1) is 0 Å². The summed E-state index contributed by atoms with van der Waals surface area (Å²) < 4.78 is 45.6. The Bertz CT molecular complexity index is 460. The third-order valence-corrected chi connectivity index (χ3v) is 3.27. The number of carbonyl (C=O) groups is 1. The van der Waals surface area contributed by atoms with E-state index in [1.165, 1.54) is 13.0 Å². The predicted octanol–water partition coefficient (Wildman–Crippen LogP) is 4.01. The predicted molar refractivity (Wildman–Crippen MR) is 66.6 cm³/mol. The van der Waals surface area contributed by atoms with Gasteiger partial charge in [-0.15, -0.1) is 13.2 Å². The highest BCUT2D eigenvalue weighted by atomic mass is 79.9. The highest BCUT2D eigenvalue weighted by molar-refractivity contribution is 9.09. The van der Waals surface area contributed by atoms with Crippen molar-refractivity contribution in [3.8, 4) is 11.5 Å². The first-order valence-electron chi connectivity index (χ1n) is 5.41. The molecular formula is C12H12BrF3O3. The molecule has 0 heterocycles. The molecule has 0 bridgehead atoms. The molecule has 0 aliphatic carbocycles. The van der Waals surface area contributed by atoms with Crippen molar-refractivity contribution < 1.29 is 27.4 Å². The maximum absolute atomic E-state index is 12.2. The summed E-state index contributed by atoms with van der Waals surface area (Å²) in [5.41, 5.74) is 0.345. The lowest BCUT2D eigenvalue weighted by Gasteiger charge is -2.14. The Balaban J connectivity index is 3.13.